The Labute approximate surface area is 124 Å². The number of halogens is 1. The molecular weight excluding hydrogens is 308 g/mol. The quantitative estimate of drug-likeness (QED) is 0.615. The average Bonchev–Trinajstić information content (AvgIpc) is 2.81. The minimum Gasteiger partial charge on any atom is -0.503 e. The fourth-order valence-corrected chi connectivity index (χ4v) is 2.17. The van der Waals surface area contributed by atoms with E-state index in [0.29, 0.717) is 5.69 Å². The normalized spacial score (nSPS) is 14.4. The van der Waals surface area contributed by atoms with E-state index in [4.69, 9.17) is 21.4 Å². The zero-order valence-electron chi connectivity index (χ0n) is 10.2. The number of phenolic OH excluding ortho intramolecular Hbond substituents is 1. The highest BCUT2D eigenvalue weighted by molar-refractivity contribution is 7.77. The van der Waals surface area contributed by atoms with Crippen molar-refractivity contribution in [1.82, 2.24) is 10.1 Å². The summed E-state index contributed by atoms with van der Waals surface area (Å²) in [5.74, 6) is -1.29. The first-order valence-electron chi connectivity index (χ1n) is 5.32. The van der Waals surface area contributed by atoms with Crippen molar-refractivity contribution < 1.29 is 19.7 Å². The van der Waals surface area contributed by atoms with E-state index in [-0.39, 0.29) is 28.5 Å². The van der Waals surface area contributed by atoms with E-state index in [1.165, 1.54) is 29.0 Å². The summed E-state index contributed by atoms with van der Waals surface area (Å²) in [6.07, 6.45) is 0.998. The van der Waals surface area contributed by atoms with Gasteiger partial charge < -0.3 is 14.9 Å². The Morgan fingerprint density at radius 3 is 2.85 bits per heavy atom. The van der Waals surface area contributed by atoms with Crippen molar-refractivity contribution >= 4 is 42.4 Å². The van der Waals surface area contributed by atoms with Crippen LogP contribution in [0.25, 0.3) is 0 Å². The van der Waals surface area contributed by atoms with Crippen LogP contribution in [0.2, 0.25) is 5.02 Å². The van der Waals surface area contributed by atoms with E-state index in [9.17, 15) is 9.90 Å². The van der Waals surface area contributed by atoms with E-state index < -0.39 is 5.97 Å². The van der Waals surface area contributed by atoms with Gasteiger partial charge in [-0.1, -0.05) is 16.1 Å². The third kappa shape index (κ3) is 2.55. The number of carboxylic acids is 1. The van der Waals surface area contributed by atoms with Gasteiger partial charge in [0.2, 0.25) is 0 Å². The van der Waals surface area contributed by atoms with Crippen LogP contribution in [0.4, 0.5) is 5.69 Å². The summed E-state index contributed by atoms with van der Waals surface area (Å²) in [6.45, 7) is 0. The number of carboxylic acid groups (broad SMARTS) is 1. The molecule has 1 aliphatic rings. The SMILES string of the molecule is COc1cc(N2C=NNN2S)c(CC(=O)O)c(Cl)c1O. The second-order valence-corrected chi connectivity index (χ2v) is 4.55. The number of nitrogens with zero attached hydrogens (tertiary/aromatic N) is 3. The lowest BCUT2D eigenvalue weighted by molar-refractivity contribution is -0.136. The molecule has 8 nitrogen and oxygen atoms in total. The number of rotatable bonds is 4. The van der Waals surface area contributed by atoms with Crippen LogP contribution in [0.1, 0.15) is 5.56 Å². The van der Waals surface area contributed by atoms with Crippen molar-refractivity contribution in [2.45, 2.75) is 6.42 Å². The van der Waals surface area contributed by atoms with Crippen LogP contribution in [-0.4, -0.2) is 34.2 Å². The van der Waals surface area contributed by atoms with Crippen LogP contribution in [0.3, 0.4) is 0 Å². The Morgan fingerprint density at radius 2 is 2.35 bits per heavy atom. The number of hydrogen-bond donors (Lipinski definition) is 4. The van der Waals surface area contributed by atoms with Crippen molar-refractivity contribution in [2.75, 3.05) is 12.1 Å². The van der Waals surface area contributed by atoms with Crippen LogP contribution in [0.15, 0.2) is 11.2 Å². The van der Waals surface area contributed by atoms with E-state index in [2.05, 4.69) is 23.5 Å². The molecule has 1 heterocycles. The smallest absolute Gasteiger partial charge is 0.307 e. The van der Waals surface area contributed by atoms with Crippen molar-refractivity contribution in [3.05, 3.63) is 16.7 Å². The molecule has 1 aliphatic heterocycles. The Hall–Kier alpha value is -1.84. The number of hydrogen-bond acceptors (Lipinski definition) is 8. The number of ether oxygens (including phenoxy) is 1. The van der Waals surface area contributed by atoms with Gasteiger partial charge in [-0.2, -0.15) is 5.10 Å². The summed E-state index contributed by atoms with van der Waals surface area (Å²) in [7, 11) is 1.36. The number of carbonyl (C=O) groups is 1. The van der Waals surface area contributed by atoms with Gasteiger partial charge in [-0.3, -0.25) is 4.79 Å². The van der Waals surface area contributed by atoms with E-state index in [0.717, 1.165) is 0 Å². The van der Waals surface area contributed by atoms with Gasteiger partial charge in [0.1, 0.15) is 6.34 Å². The van der Waals surface area contributed by atoms with Crippen molar-refractivity contribution in [1.29, 1.82) is 0 Å². The molecule has 0 atom stereocenters. The Balaban J connectivity index is 2.60. The standard InChI is InChI=1S/C10H11ClN4O4S/c1-19-7-3-6(14-4-12-13-15(14)20)5(2-8(16)17)9(11)10(7)18/h3-4,13,18,20H,2H2,1H3,(H,16,17). The predicted molar refractivity (Wildman–Crippen MR) is 75.9 cm³/mol. The van der Waals surface area contributed by atoms with Gasteiger partial charge in [0.15, 0.2) is 11.5 Å². The van der Waals surface area contributed by atoms with Crippen molar-refractivity contribution in [3.8, 4) is 11.5 Å². The molecule has 20 heavy (non-hydrogen) atoms. The monoisotopic (exact) mass is 318 g/mol. The van der Waals surface area contributed by atoms with Crippen molar-refractivity contribution in [3.63, 3.8) is 0 Å². The fourth-order valence-electron chi connectivity index (χ4n) is 1.72. The molecule has 0 amide bonds. The zero-order chi connectivity index (χ0) is 14.9. The molecule has 1 aromatic carbocycles. The number of nitrogens with one attached hydrogen (secondary N) is 1. The minimum atomic E-state index is -1.09. The summed E-state index contributed by atoms with van der Waals surface area (Å²) >= 11 is 10.1. The van der Waals surface area contributed by atoms with Gasteiger partial charge >= 0.3 is 5.97 Å². The van der Waals surface area contributed by atoms with Crippen LogP contribution in [0, 0.1) is 0 Å². The van der Waals surface area contributed by atoms with Crippen LogP contribution in [0.5, 0.6) is 11.5 Å². The molecule has 0 unspecified atom stereocenters. The van der Waals surface area contributed by atoms with Crippen molar-refractivity contribution in [2.24, 2.45) is 5.10 Å². The molecule has 0 radical (unpaired) electrons. The third-order valence-corrected chi connectivity index (χ3v) is 3.29. The zero-order valence-corrected chi connectivity index (χ0v) is 11.9. The largest absolute Gasteiger partial charge is 0.503 e. The molecule has 2 rings (SSSR count). The molecule has 3 N–H and O–H groups in total. The third-order valence-electron chi connectivity index (χ3n) is 2.60. The topological polar surface area (TPSA) is 97.6 Å². The van der Waals surface area contributed by atoms with Gasteiger partial charge in [-0.05, 0) is 12.8 Å². The van der Waals surface area contributed by atoms with Gasteiger partial charge in [-0.15, -0.1) is 0 Å². The van der Waals surface area contributed by atoms with Crippen LogP contribution < -0.4 is 15.3 Å². The molecule has 0 spiro atoms. The van der Waals surface area contributed by atoms with Gasteiger partial charge in [-0.25, -0.2) is 10.5 Å². The molecule has 0 fully saturated rings. The summed E-state index contributed by atoms with van der Waals surface area (Å²) in [6, 6.07) is 1.45. The van der Waals surface area contributed by atoms with E-state index >= 15 is 0 Å². The Bertz CT molecular complexity index is 583. The molecule has 1 aromatic rings. The first-order valence-corrected chi connectivity index (χ1v) is 6.10. The summed E-state index contributed by atoms with van der Waals surface area (Å²) in [4.78, 5) is 11.0. The lowest BCUT2D eigenvalue weighted by atomic mass is 10.1. The number of hydrazone groups is 1. The first-order chi connectivity index (χ1) is 9.45. The lowest BCUT2D eigenvalue weighted by Gasteiger charge is -2.24. The fraction of sp³-hybridized carbons (Fsp3) is 0.200. The lowest BCUT2D eigenvalue weighted by Crippen LogP contribution is -2.36. The molecule has 0 saturated heterocycles. The molecule has 0 aromatic heterocycles. The number of aliphatic carboxylic acids is 1. The number of thiol groups is 1. The minimum absolute atomic E-state index is 0.0937. The molecular formula is C10H11ClN4O4S. The maximum atomic E-state index is 11.0. The van der Waals surface area contributed by atoms with Crippen LogP contribution >= 0.6 is 24.4 Å². The second kappa shape index (κ2) is 5.65. The van der Waals surface area contributed by atoms with Crippen LogP contribution in [-0.2, 0) is 11.2 Å². The molecule has 0 aliphatic carbocycles. The molecule has 10 heteroatoms. The Morgan fingerprint density at radius 1 is 1.65 bits per heavy atom. The Kier molecular flexibility index (Phi) is 4.12. The first kappa shape index (κ1) is 14.6. The number of aromatic hydroxyl groups is 1. The highest BCUT2D eigenvalue weighted by Gasteiger charge is 2.26. The predicted octanol–water partition coefficient (Wildman–Crippen LogP) is 1.01. The molecule has 108 valence electrons. The number of phenols is 1. The highest BCUT2D eigenvalue weighted by atomic mass is 35.5. The summed E-state index contributed by atoms with van der Waals surface area (Å²) in [5.41, 5.74) is 3.10. The van der Waals surface area contributed by atoms with E-state index in [1.807, 2.05) is 0 Å². The number of methoxy groups -OCH3 is 1. The summed E-state index contributed by atoms with van der Waals surface area (Å²) in [5, 5.41) is 23.9. The maximum Gasteiger partial charge on any atom is 0.307 e. The highest BCUT2D eigenvalue weighted by Crippen LogP contribution is 2.43. The summed E-state index contributed by atoms with van der Waals surface area (Å²) < 4.78 is 6.22. The second-order valence-electron chi connectivity index (χ2n) is 3.79. The maximum absolute atomic E-state index is 11.0. The van der Waals surface area contributed by atoms with Gasteiger partial charge in [0.25, 0.3) is 0 Å². The van der Waals surface area contributed by atoms with Gasteiger partial charge in [0, 0.05) is 11.6 Å². The number of benzene rings is 1. The van der Waals surface area contributed by atoms with Gasteiger partial charge in [0.05, 0.1) is 24.2 Å². The molecule has 0 saturated carbocycles. The van der Waals surface area contributed by atoms with E-state index in [1.54, 1.807) is 0 Å². The number of hydrazine groups is 2. The average molecular weight is 319 g/mol. The number of anilines is 1. The molecule has 0 bridgehead atoms.